The highest BCUT2D eigenvalue weighted by Crippen LogP contribution is 2.52. The molecule has 1 N–H and O–H groups in total. The number of phenols is 1. The highest BCUT2D eigenvalue weighted by molar-refractivity contribution is 7.48. The minimum absolute atomic E-state index is 0.0126. The zero-order valence-electron chi connectivity index (χ0n) is 18.8. The Morgan fingerprint density at radius 1 is 1.04 bits per heavy atom. The van der Waals surface area contributed by atoms with E-state index < -0.39 is 0 Å². The predicted molar refractivity (Wildman–Crippen MR) is 126 cm³/mol. The van der Waals surface area contributed by atoms with Crippen molar-refractivity contribution in [2.45, 2.75) is 72.5 Å². The van der Waals surface area contributed by atoms with E-state index in [4.69, 9.17) is 0 Å². The molecule has 2 aromatic rings. The van der Waals surface area contributed by atoms with Gasteiger partial charge in [0, 0.05) is 17.3 Å². The van der Waals surface area contributed by atoms with Gasteiger partial charge in [0.25, 0.3) is 0 Å². The highest BCUT2D eigenvalue weighted by Gasteiger charge is 2.34. The number of nitrogens with zero attached hydrogens (tertiary/aromatic N) is 1. The molecule has 0 aromatic heterocycles. The molecule has 0 spiro atoms. The minimum atomic E-state index is -0.0126. The first kappa shape index (κ1) is 22.9. The number of benzene rings is 2. The molecular formula is C25H38NOP. The molecule has 154 valence electrons. The van der Waals surface area contributed by atoms with Crippen LogP contribution < -0.4 is 5.30 Å². The molecule has 0 aliphatic heterocycles. The maximum Gasteiger partial charge on any atom is 0.122 e. The summed E-state index contributed by atoms with van der Waals surface area (Å²) in [6.07, 6.45) is 3.24. The van der Waals surface area contributed by atoms with Gasteiger partial charge in [-0.1, -0.05) is 71.7 Å². The van der Waals surface area contributed by atoms with E-state index >= 15 is 0 Å². The lowest BCUT2D eigenvalue weighted by Crippen LogP contribution is -2.27. The molecule has 0 radical (unpaired) electrons. The lowest BCUT2D eigenvalue weighted by atomic mass is 9.88. The summed E-state index contributed by atoms with van der Waals surface area (Å²) >= 11 is 0. The van der Waals surface area contributed by atoms with Gasteiger partial charge in [0.2, 0.25) is 0 Å². The topological polar surface area (TPSA) is 23.5 Å². The number of hydrogen-bond donors (Lipinski definition) is 1. The average Bonchev–Trinajstić information content (AvgIpc) is 2.66. The van der Waals surface area contributed by atoms with Gasteiger partial charge in [-0.25, -0.2) is 0 Å². The van der Waals surface area contributed by atoms with Crippen LogP contribution in [0.25, 0.3) is 0 Å². The molecule has 2 nitrogen and oxygen atoms in total. The van der Waals surface area contributed by atoms with E-state index in [2.05, 4.69) is 76.9 Å². The van der Waals surface area contributed by atoms with E-state index in [0.717, 1.165) is 43.5 Å². The van der Waals surface area contributed by atoms with Crippen molar-refractivity contribution in [1.29, 1.82) is 0 Å². The normalized spacial score (nSPS) is 14.1. The Balaban J connectivity index is 2.61. The fraction of sp³-hybridized carbons (Fsp3) is 0.520. The summed E-state index contributed by atoms with van der Waals surface area (Å²) in [4.78, 5) is 2.37. The third-order valence-electron chi connectivity index (χ3n) is 5.94. The van der Waals surface area contributed by atoms with Gasteiger partial charge in [-0.15, -0.1) is 0 Å². The van der Waals surface area contributed by atoms with Crippen LogP contribution in [0.5, 0.6) is 5.75 Å². The molecule has 0 amide bonds. The Bertz CT molecular complexity index is 801. The van der Waals surface area contributed by atoms with Crippen LogP contribution in [-0.2, 0) is 11.7 Å². The summed E-state index contributed by atoms with van der Waals surface area (Å²) in [5, 5.41) is 12.5. The molecule has 0 saturated carbocycles. The van der Waals surface area contributed by atoms with Crippen LogP contribution in [-0.4, -0.2) is 23.6 Å². The van der Waals surface area contributed by atoms with Crippen molar-refractivity contribution >= 4 is 13.9 Å². The molecule has 0 aliphatic rings. The van der Waals surface area contributed by atoms with E-state index in [1.165, 1.54) is 22.0 Å². The lowest BCUT2D eigenvalue weighted by molar-refractivity contribution is 0.346. The smallest absolute Gasteiger partial charge is 0.122 e. The van der Waals surface area contributed by atoms with Crippen LogP contribution in [0.15, 0.2) is 30.3 Å². The van der Waals surface area contributed by atoms with Gasteiger partial charge in [-0.3, -0.25) is 0 Å². The monoisotopic (exact) mass is 399 g/mol. The third-order valence-corrected chi connectivity index (χ3v) is 8.26. The largest absolute Gasteiger partial charge is 0.507 e. The van der Waals surface area contributed by atoms with Crippen LogP contribution in [0.3, 0.4) is 0 Å². The standard InChI is InChI=1S/C25H38NOP/c1-8-14-25(9-2,22-16-18(4)15-20(6)23(22)27)28-24-19(5)12-11-13-21(24)17-26(7)10-3/h11-13,15-16,27-28H,8-10,14,17H2,1-7H3. The van der Waals surface area contributed by atoms with Crippen molar-refractivity contribution in [1.82, 2.24) is 4.90 Å². The van der Waals surface area contributed by atoms with Crippen LogP contribution >= 0.6 is 8.58 Å². The number of hydrogen-bond acceptors (Lipinski definition) is 2. The number of rotatable bonds is 9. The van der Waals surface area contributed by atoms with Crippen molar-refractivity contribution in [2.24, 2.45) is 0 Å². The molecule has 3 heteroatoms. The Morgan fingerprint density at radius 3 is 2.36 bits per heavy atom. The molecular weight excluding hydrogens is 361 g/mol. The first-order valence-electron chi connectivity index (χ1n) is 10.6. The molecule has 2 atom stereocenters. The zero-order chi connectivity index (χ0) is 20.9. The molecule has 0 aliphatic carbocycles. The van der Waals surface area contributed by atoms with Crippen molar-refractivity contribution in [3.05, 3.63) is 58.1 Å². The molecule has 28 heavy (non-hydrogen) atoms. The number of aromatic hydroxyl groups is 1. The summed E-state index contributed by atoms with van der Waals surface area (Å²) in [6, 6.07) is 11.0. The van der Waals surface area contributed by atoms with Gasteiger partial charge in [0.15, 0.2) is 0 Å². The molecule has 0 heterocycles. The Morgan fingerprint density at radius 2 is 1.75 bits per heavy atom. The van der Waals surface area contributed by atoms with Crippen molar-refractivity contribution in [2.75, 3.05) is 13.6 Å². The summed E-state index contributed by atoms with van der Waals surface area (Å²) in [7, 11) is 2.84. The minimum Gasteiger partial charge on any atom is -0.507 e. The second kappa shape index (κ2) is 9.90. The van der Waals surface area contributed by atoms with Gasteiger partial charge >= 0.3 is 0 Å². The second-order valence-corrected chi connectivity index (χ2v) is 9.94. The third kappa shape index (κ3) is 4.97. The lowest BCUT2D eigenvalue weighted by Gasteiger charge is -2.36. The summed E-state index contributed by atoms with van der Waals surface area (Å²) in [5.74, 6) is 0.495. The van der Waals surface area contributed by atoms with E-state index in [0.29, 0.717) is 14.3 Å². The second-order valence-electron chi connectivity index (χ2n) is 8.23. The van der Waals surface area contributed by atoms with Crippen LogP contribution in [0.2, 0.25) is 0 Å². The van der Waals surface area contributed by atoms with Crippen molar-refractivity contribution in [3.8, 4) is 5.75 Å². The molecule has 2 aromatic carbocycles. The zero-order valence-corrected chi connectivity index (χ0v) is 19.8. The maximum atomic E-state index is 11.0. The number of phenolic OH excluding ortho intramolecular Hbond substituents is 1. The van der Waals surface area contributed by atoms with E-state index in [1.54, 1.807) is 0 Å². The molecule has 0 bridgehead atoms. The Hall–Kier alpha value is -1.37. The molecule has 0 fully saturated rings. The fourth-order valence-electron chi connectivity index (χ4n) is 4.15. The number of aryl methyl sites for hydroxylation is 3. The van der Waals surface area contributed by atoms with Crippen LogP contribution in [0, 0.1) is 20.8 Å². The predicted octanol–water partition coefficient (Wildman–Crippen LogP) is 6.18. The quantitative estimate of drug-likeness (QED) is 0.509. The van der Waals surface area contributed by atoms with Crippen LogP contribution in [0.4, 0.5) is 0 Å². The van der Waals surface area contributed by atoms with E-state index in [9.17, 15) is 5.11 Å². The SMILES string of the molecule is CCCC(CC)(Pc1c(C)cccc1CN(C)CC)c1cc(C)cc(C)c1O. The first-order valence-corrected chi connectivity index (χ1v) is 11.6. The van der Waals surface area contributed by atoms with Crippen molar-refractivity contribution in [3.63, 3.8) is 0 Å². The summed E-state index contributed by atoms with van der Waals surface area (Å²) < 4.78 is 0. The van der Waals surface area contributed by atoms with E-state index in [1.807, 2.05) is 6.92 Å². The van der Waals surface area contributed by atoms with Gasteiger partial charge in [0.05, 0.1) is 0 Å². The average molecular weight is 400 g/mol. The van der Waals surface area contributed by atoms with Gasteiger partial charge in [-0.05, 0) is 69.2 Å². The fourth-order valence-corrected chi connectivity index (χ4v) is 6.11. The molecule has 2 rings (SSSR count). The van der Waals surface area contributed by atoms with Crippen LogP contribution in [0.1, 0.15) is 67.9 Å². The van der Waals surface area contributed by atoms with Gasteiger partial charge in [0.1, 0.15) is 5.75 Å². The van der Waals surface area contributed by atoms with Crippen molar-refractivity contribution < 1.29 is 5.11 Å². The van der Waals surface area contributed by atoms with Gasteiger partial charge in [-0.2, -0.15) is 0 Å². The Labute approximate surface area is 174 Å². The Kier molecular flexibility index (Phi) is 8.10. The first-order chi connectivity index (χ1) is 13.3. The molecule has 0 saturated heterocycles. The summed E-state index contributed by atoms with van der Waals surface area (Å²) in [6.45, 7) is 15.2. The maximum absolute atomic E-state index is 11.0. The molecule has 2 unspecified atom stereocenters. The summed E-state index contributed by atoms with van der Waals surface area (Å²) in [5.41, 5.74) is 6.17. The van der Waals surface area contributed by atoms with Gasteiger partial charge < -0.3 is 10.0 Å². The van der Waals surface area contributed by atoms with E-state index in [-0.39, 0.29) is 5.16 Å². The highest BCUT2D eigenvalue weighted by atomic mass is 31.1.